The van der Waals surface area contributed by atoms with Crippen LogP contribution in [0.25, 0.3) is 10.9 Å². The number of benzene rings is 3. The molecule has 2 fully saturated rings. The smallest absolute Gasteiger partial charge is 0.240 e. The third kappa shape index (κ3) is 7.42. The number of ether oxygens (including phenoxy) is 3. The average Bonchev–Trinajstić information content (AvgIpc) is 3.09. The van der Waals surface area contributed by atoms with Crippen molar-refractivity contribution in [1.82, 2.24) is 19.8 Å². The van der Waals surface area contributed by atoms with E-state index in [-0.39, 0.29) is 23.2 Å². The van der Waals surface area contributed by atoms with Crippen molar-refractivity contribution < 1.29 is 32.6 Å². The van der Waals surface area contributed by atoms with Gasteiger partial charge in [-0.05, 0) is 74.7 Å². The van der Waals surface area contributed by atoms with Crippen LogP contribution in [0.1, 0.15) is 26.2 Å². The van der Waals surface area contributed by atoms with Crippen LogP contribution in [0.4, 0.5) is 20.2 Å². The fourth-order valence-electron chi connectivity index (χ4n) is 6.22. The first kappa shape index (κ1) is 34.0. The molecule has 1 saturated carbocycles. The second kappa shape index (κ2) is 14.7. The van der Waals surface area contributed by atoms with Crippen LogP contribution >= 0.6 is 0 Å². The van der Waals surface area contributed by atoms with Gasteiger partial charge < -0.3 is 34.6 Å². The Morgan fingerprint density at radius 2 is 1.63 bits per heavy atom. The molecule has 6 rings (SSSR count). The van der Waals surface area contributed by atoms with E-state index in [4.69, 9.17) is 14.2 Å². The SMILES string of the molecule is COc1cc2c(Oc3ccc(NC(=O)[C@]4(C(=O)Nc5ccc(F)cc5)CC[C@H]4C)cc3F)ncnc2cc1OCCCN1CCN(C)CC1. The number of halogens is 2. The summed E-state index contributed by atoms with van der Waals surface area (Å²) in [6, 6.07) is 12.7. The van der Waals surface area contributed by atoms with Gasteiger partial charge in [0.1, 0.15) is 17.6 Å². The van der Waals surface area contributed by atoms with E-state index in [1.54, 1.807) is 12.1 Å². The number of piperazine rings is 1. The Labute approximate surface area is 283 Å². The number of hydrogen-bond donors (Lipinski definition) is 2. The molecule has 2 N–H and O–H groups in total. The lowest BCUT2D eigenvalue weighted by Gasteiger charge is -2.44. The third-order valence-corrected chi connectivity index (χ3v) is 9.48. The number of amides is 2. The van der Waals surface area contributed by atoms with Crippen LogP contribution in [-0.2, 0) is 9.59 Å². The van der Waals surface area contributed by atoms with Crippen LogP contribution in [0, 0.1) is 23.0 Å². The summed E-state index contributed by atoms with van der Waals surface area (Å²) in [5, 5.41) is 5.91. The van der Waals surface area contributed by atoms with Crippen LogP contribution in [0.2, 0.25) is 0 Å². The molecule has 258 valence electrons. The first-order chi connectivity index (χ1) is 23.7. The van der Waals surface area contributed by atoms with Crippen molar-refractivity contribution in [3.8, 4) is 23.1 Å². The molecule has 3 aromatic carbocycles. The molecular formula is C36H40F2N6O5. The van der Waals surface area contributed by atoms with Gasteiger partial charge in [-0.15, -0.1) is 0 Å². The standard InChI is InChI=1S/C36H40F2N6O5/c1-23-11-12-36(23,34(45)41-25-7-5-24(37)6-8-25)35(46)42-26-9-10-30(28(38)19-26)49-33-27-20-31(47-3)32(21-29(27)39-22-40-33)48-18-4-13-44-16-14-43(2)15-17-44/h5-10,19-23H,4,11-18H2,1-3H3,(H,41,45)(H,42,46)/t23-,36-/m1/s1. The molecule has 2 amide bonds. The summed E-state index contributed by atoms with van der Waals surface area (Å²) in [5.41, 5.74) is -0.290. The number of nitrogens with one attached hydrogen (secondary N) is 2. The van der Waals surface area contributed by atoms with Crippen LogP contribution in [-0.4, -0.2) is 85.1 Å². The van der Waals surface area contributed by atoms with Gasteiger partial charge in [-0.25, -0.2) is 18.7 Å². The van der Waals surface area contributed by atoms with Gasteiger partial charge >= 0.3 is 0 Å². The number of rotatable bonds is 12. The molecule has 2 aliphatic rings. The molecule has 1 aliphatic heterocycles. The van der Waals surface area contributed by atoms with Crippen LogP contribution in [0.15, 0.2) is 60.9 Å². The molecule has 4 aromatic rings. The number of aromatic nitrogens is 2. The number of hydrogen-bond acceptors (Lipinski definition) is 9. The first-order valence-corrected chi connectivity index (χ1v) is 16.4. The van der Waals surface area contributed by atoms with E-state index in [9.17, 15) is 14.0 Å². The van der Waals surface area contributed by atoms with Gasteiger partial charge in [0.2, 0.25) is 17.7 Å². The van der Waals surface area contributed by atoms with Gasteiger partial charge in [0.15, 0.2) is 23.1 Å². The molecule has 49 heavy (non-hydrogen) atoms. The molecule has 0 unspecified atom stereocenters. The van der Waals surface area contributed by atoms with E-state index in [0.717, 1.165) is 45.2 Å². The molecule has 1 saturated heterocycles. The zero-order valence-electron chi connectivity index (χ0n) is 27.8. The van der Waals surface area contributed by atoms with Gasteiger partial charge in [-0.3, -0.25) is 9.59 Å². The van der Waals surface area contributed by atoms with E-state index in [2.05, 4.69) is 37.4 Å². The molecular weight excluding hydrogens is 634 g/mol. The van der Waals surface area contributed by atoms with Crippen molar-refractivity contribution in [2.75, 3.05) is 64.1 Å². The number of methoxy groups -OCH3 is 1. The highest BCUT2D eigenvalue weighted by Crippen LogP contribution is 2.48. The fourth-order valence-corrected chi connectivity index (χ4v) is 6.22. The molecule has 2 atom stereocenters. The maximum Gasteiger partial charge on any atom is 0.240 e. The monoisotopic (exact) mass is 674 g/mol. The van der Waals surface area contributed by atoms with Gasteiger partial charge in [-0.1, -0.05) is 6.92 Å². The summed E-state index contributed by atoms with van der Waals surface area (Å²) in [6.07, 6.45) is 3.18. The van der Waals surface area contributed by atoms with Gasteiger partial charge in [0.05, 0.1) is 24.6 Å². The lowest BCUT2D eigenvalue weighted by atomic mass is 9.59. The second-order valence-electron chi connectivity index (χ2n) is 12.6. The maximum atomic E-state index is 15.4. The van der Waals surface area contributed by atoms with Crippen LogP contribution < -0.4 is 24.8 Å². The van der Waals surface area contributed by atoms with E-state index in [1.165, 1.54) is 49.8 Å². The molecule has 13 heteroatoms. The summed E-state index contributed by atoms with van der Waals surface area (Å²) in [4.78, 5) is 40.1. The van der Waals surface area contributed by atoms with E-state index < -0.39 is 28.9 Å². The number of fused-ring (bicyclic) bond motifs is 1. The summed E-state index contributed by atoms with van der Waals surface area (Å²) in [5.74, 6) is -1.50. The molecule has 0 spiro atoms. The average molecular weight is 675 g/mol. The number of carbonyl (C=O) groups is 2. The molecule has 1 aliphatic carbocycles. The normalized spacial score (nSPS) is 19.6. The minimum atomic E-state index is -1.36. The van der Waals surface area contributed by atoms with Crippen molar-refractivity contribution in [3.63, 3.8) is 0 Å². The van der Waals surface area contributed by atoms with Crippen LogP contribution in [0.3, 0.4) is 0 Å². The number of likely N-dealkylation sites (N-methyl/N-ethyl adjacent to an activating group) is 1. The topological polar surface area (TPSA) is 118 Å². The first-order valence-electron chi connectivity index (χ1n) is 16.4. The summed E-state index contributed by atoms with van der Waals surface area (Å²) >= 11 is 0. The maximum absolute atomic E-state index is 15.4. The van der Waals surface area contributed by atoms with Crippen LogP contribution in [0.5, 0.6) is 23.1 Å². The summed E-state index contributed by atoms with van der Waals surface area (Å²) < 4.78 is 46.3. The van der Waals surface area contributed by atoms with E-state index in [1.807, 2.05) is 6.92 Å². The zero-order valence-corrected chi connectivity index (χ0v) is 27.8. The number of carbonyl (C=O) groups excluding carboxylic acids is 2. The highest BCUT2D eigenvalue weighted by molar-refractivity contribution is 6.15. The Hall–Kier alpha value is -4.88. The highest BCUT2D eigenvalue weighted by Gasteiger charge is 2.56. The zero-order chi connectivity index (χ0) is 34.5. The van der Waals surface area contributed by atoms with Crippen molar-refractivity contribution in [2.45, 2.75) is 26.2 Å². The van der Waals surface area contributed by atoms with Crippen molar-refractivity contribution in [2.24, 2.45) is 11.3 Å². The second-order valence-corrected chi connectivity index (χ2v) is 12.6. The quantitative estimate of drug-likeness (QED) is 0.144. The number of anilines is 2. The van der Waals surface area contributed by atoms with Crippen molar-refractivity contribution in [3.05, 3.63) is 72.6 Å². The van der Waals surface area contributed by atoms with E-state index >= 15 is 4.39 Å². The van der Waals surface area contributed by atoms with Crippen molar-refractivity contribution in [1.29, 1.82) is 0 Å². The third-order valence-electron chi connectivity index (χ3n) is 9.48. The van der Waals surface area contributed by atoms with Crippen molar-refractivity contribution >= 4 is 34.1 Å². The molecule has 0 radical (unpaired) electrons. The Balaban J connectivity index is 1.11. The minimum absolute atomic E-state index is 0.111. The lowest BCUT2D eigenvalue weighted by Crippen LogP contribution is -2.56. The molecule has 0 bridgehead atoms. The predicted molar refractivity (Wildman–Crippen MR) is 181 cm³/mol. The molecule has 2 heterocycles. The largest absolute Gasteiger partial charge is 0.493 e. The Morgan fingerprint density at radius 3 is 2.29 bits per heavy atom. The highest BCUT2D eigenvalue weighted by atomic mass is 19.1. The number of nitrogens with zero attached hydrogens (tertiary/aromatic N) is 4. The minimum Gasteiger partial charge on any atom is -0.493 e. The lowest BCUT2D eigenvalue weighted by molar-refractivity contribution is -0.148. The van der Waals surface area contributed by atoms with Gasteiger partial charge in [0.25, 0.3) is 0 Å². The van der Waals surface area contributed by atoms with Gasteiger partial charge in [0, 0.05) is 56.2 Å². The molecule has 1 aromatic heterocycles. The Bertz CT molecular complexity index is 1820. The summed E-state index contributed by atoms with van der Waals surface area (Å²) in [7, 11) is 3.67. The molecule has 11 nitrogen and oxygen atoms in total. The Morgan fingerprint density at radius 1 is 0.918 bits per heavy atom. The van der Waals surface area contributed by atoms with E-state index in [0.29, 0.717) is 47.5 Å². The summed E-state index contributed by atoms with van der Waals surface area (Å²) in [6.45, 7) is 7.50. The Kier molecular flexibility index (Phi) is 10.2. The van der Waals surface area contributed by atoms with Gasteiger partial charge in [-0.2, -0.15) is 0 Å². The fraction of sp³-hybridized carbons (Fsp3) is 0.389. The predicted octanol–water partition coefficient (Wildman–Crippen LogP) is 5.72.